The van der Waals surface area contributed by atoms with Gasteiger partial charge in [0.15, 0.2) is 5.82 Å². The minimum Gasteiger partial charge on any atom is -0.457 e. The van der Waals surface area contributed by atoms with Crippen LogP contribution >= 0.6 is 27.5 Å². The van der Waals surface area contributed by atoms with Crippen LogP contribution in [0.2, 0.25) is 5.15 Å². The van der Waals surface area contributed by atoms with Crippen molar-refractivity contribution in [3.8, 4) is 11.5 Å². The van der Waals surface area contributed by atoms with Crippen molar-refractivity contribution in [2.75, 3.05) is 5.32 Å². The highest BCUT2D eigenvalue weighted by atomic mass is 79.9. The van der Waals surface area contributed by atoms with E-state index in [1.165, 1.54) is 6.33 Å². The lowest BCUT2D eigenvalue weighted by Gasteiger charge is -2.12. The second-order valence-corrected chi connectivity index (χ2v) is 7.44. The largest absolute Gasteiger partial charge is 0.457 e. The molecule has 1 aromatic carbocycles. The third kappa shape index (κ3) is 4.32. The number of hydrogen-bond acceptors (Lipinski definition) is 6. The number of benzene rings is 1. The summed E-state index contributed by atoms with van der Waals surface area (Å²) in [4.78, 5) is 19.7. The molecule has 0 aliphatic carbocycles. The monoisotopic (exact) mass is 483 g/mol. The zero-order valence-corrected chi connectivity index (χ0v) is 18.0. The van der Waals surface area contributed by atoms with Crippen molar-refractivity contribution in [2.45, 2.75) is 6.92 Å². The zero-order valence-electron chi connectivity index (χ0n) is 15.6. The van der Waals surface area contributed by atoms with Crippen LogP contribution in [0.4, 0.5) is 11.5 Å². The normalized spacial score (nSPS) is 11.5. The molecule has 0 aliphatic heterocycles. The van der Waals surface area contributed by atoms with Gasteiger partial charge in [0.05, 0.1) is 9.99 Å². The van der Waals surface area contributed by atoms with E-state index in [0.717, 1.165) is 17.6 Å². The van der Waals surface area contributed by atoms with Gasteiger partial charge in [0.1, 0.15) is 40.3 Å². The van der Waals surface area contributed by atoms with Crippen LogP contribution in [0, 0.1) is 12.3 Å². The molecular formula is C20H15BrClN7O. The van der Waals surface area contributed by atoms with Crippen molar-refractivity contribution in [3.63, 3.8) is 0 Å². The van der Waals surface area contributed by atoms with Crippen LogP contribution in [0.25, 0.3) is 11.0 Å². The highest BCUT2D eigenvalue weighted by Crippen LogP contribution is 2.30. The van der Waals surface area contributed by atoms with Crippen LogP contribution in [0.5, 0.6) is 11.5 Å². The molecule has 0 radical (unpaired) electrons. The zero-order chi connectivity index (χ0) is 21.1. The number of aromatic amines is 1. The number of aromatic nitrogens is 4. The van der Waals surface area contributed by atoms with Gasteiger partial charge in [0.25, 0.3) is 0 Å². The molecule has 3 heterocycles. The van der Waals surface area contributed by atoms with Crippen molar-refractivity contribution in [3.05, 3.63) is 69.6 Å². The maximum atomic E-state index is 7.07. The first-order valence-electron chi connectivity index (χ1n) is 8.77. The summed E-state index contributed by atoms with van der Waals surface area (Å²) >= 11 is 9.49. The van der Waals surface area contributed by atoms with Crippen LogP contribution < -0.4 is 15.5 Å². The summed E-state index contributed by atoms with van der Waals surface area (Å²) < 4.78 is 6.63. The third-order valence-electron chi connectivity index (χ3n) is 4.15. The fraction of sp³-hybridized carbons (Fsp3) is 0.0500. The van der Waals surface area contributed by atoms with Gasteiger partial charge in [-0.2, -0.15) is 0 Å². The summed E-state index contributed by atoms with van der Waals surface area (Å²) in [5.41, 5.74) is 3.53. The second kappa shape index (κ2) is 8.60. The summed E-state index contributed by atoms with van der Waals surface area (Å²) in [5.74, 6) is 1.87. The van der Waals surface area contributed by atoms with Gasteiger partial charge < -0.3 is 15.0 Å². The molecular weight excluding hydrogens is 470 g/mol. The smallest absolute Gasteiger partial charge is 0.160 e. The summed E-state index contributed by atoms with van der Waals surface area (Å²) in [6.45, 7) is 1.95. The van der Waals surface area contributed by atoms with E-state index in [1.807, 2.05) is 25.1 Å². The molecule has 0 unspecified atom stereocenters. The first kappa shape index (κ1) is 20.0. The van der Waals surface area contributed by atoms with E-state index in [-0.39, 0.29) is 0 Å². The lowest BCUT2D eigenvalue weighted by atomic mass is 10.2. The maximum Gasteiger partial charge on any atom is 0.160 e. The fourth-order valence-corrected chi connectivity index (χ4v) is 3.22. The average Bonchev–Trinajstić information content (AvgIpc) is 2.72. The van der Waals surface area contributed by atoms with Crippen molar-refractivity contribution < 1.29 is 4.74 Å². The van der Waals surface area contributed by atoms with Crippen LogP contribution in [0.3, 0.4) is 0 Å². The molecule has 0 amide bonds. The Hall–Kier alpha value is -3.30. The SMILES string of the molecule is Cc1cc(Nc2ncnc3cc(Br)c(Cl)nc23)ccc1Oc1cc[nH]/c(=N\C=N)c1. The van der Waals surface area contributed by atoms with E-state index in [4.69, 9.17) is 21.7 Å². The molecule has 3 aromatic heterocycles. The highest BCUT2D eigenvalue weighted by Gasteiger charge is 2.10. The molecule has 0 aliphatic rings. The molecule has 150 valence electrons. The molecule has 8 nitrogen and oxygen atoms in total. The number of anilines is 2. The number of nitrogens with one attached hydrogen (secondary N) is 3. The summed E-state index contributed by atoms with van der Waals surface area (Å²) in [5, 5.41) is 10.7. The van der Waals surface area contributed by atoms with Crippen LogP contribution in [0.1, 0.15) is 5.56 Å². The number of aryl methyl sites for hydroxylation is 1. The number of hydrogen-bond donors (Lipinski definition) is 3. The van der Waals surface area contributed by atoms with Gasteiger partial charge in [-0.25, -0.2) is 19.9 Å². The van der Waals surface area contributed by atoms with E-state index >= 15 is 0 Å². The third-order valence-corrected chi connectivity index (χ3v) is 5.27. The van der Waals surface area contributed by atoms with E-state index in [0.29, 0.717) is 43.5 Å². The predicted molar refractivity (Wildman–Crippen MR) is 120 cm³/mol. The molecule has 10 heteroatoms. The molecule has 4 aromatic rings. The van der Waals surface area contributed by atoms with Crippen molar-refractivity contribution >= 4 is 56.4 Å². The van der Waals surface area contributed by atoms with E-state index in [1.54, 1.807) is 24.4 Å². The molecule has 0 fully saturated rings. The van der Waals surface area contributed by atoms with Crippen molar-refractivity contribution in [1.29, 1.82) is 5.41 Å². The minimum atomic E-state index is 0.342. The number of pyridine rings is 2. The molecule has 0 bridgehead atoms. The van der Waals surface area contributed by atoms with Gasteiger partial charge in [-0.1, -0.05) is 11.6 Å². The van der Waals surface area contributed by atoms with Gasteiger partial charge >= 0.3 is 0 Å². The Morgan fingerprint density at radius 3 is 2.90 bits per heavy atom. The Kier molecular flexibility index (Phi) is 5.73. The summed E-state index contributed by atoms with van der Waals surface area (Å²) in [6, 6.07) is 11.0. The number of H-pyrrole nitrogens is 1. The molecule has 3 N–H and O–H groups in total. The van der Waals surface area contributed by atoms with Crippen LogP contribution in [0.15, 0.2) is 58.4 Å². The van der Waals surface area contributed by atoms with Crippen molar-refractivity contribution in [1.82, 2.24) is 19.9 Å². The van der Waals surface area contributed by atoms with Gasteiger partial charge in [-0.15, -0.1) is 0 Å². The molecule has 30 heavy (non-hydrogen) atoms. The van der Waals surface area contributed by atoms with Gasteiger partial charge in [-0.3, -0.25) is 5.41 Å². The van der Waals surface area contributed by atoms with Crippen LogP contribution in [-0.4, -0.2) is 26.3 Å². The number of ether oxygens (including phenoxy) is 1. The molecule has 0 spiro atoms. The second-order valence-electron chi connectivity index (χ2n) is 6.23. The van der Waals surface area contributed by atoms with E-state index in [9.17, 15) is 0 Å². The fourth-order valence-electron chi connectivity index (χ4n) is 2.78. The number of fused-ring (bicyclic) bond motifs is 1. The highest BCUT2D eigenvalue weighted by molar-refractivity contribution is 9.10. The first-order chi connectivity index (χ1) is 14.5. The van der Waals surface area contributed by atoms with Crippen molar-refractivity contribution in [2.24, 2.45) is 4.99 Å². The van der Waals surface area contributed by atoms with Crippen LogP contribution in [-0.2, 0) is 0 Å². The molecule has 4 rings (SSSR count). The van der Waals surface area contributed by atoms with Gasteiger partial charge in [0, 0.05) is 18.0 Å². The standard InChI is InChI=1S/C20H15BrClN7O/c1-11-6-12(2-3-16(11)30-13-4-5-24-17(7-13)25-9-23)28-20-18-15(26-10-27-20)8-14(21)19(22)29-18/h2-10H,1H3,(H2,23,24,25)(H,26,27,28). The number of rotatable bonds is 5. The average molecular weight is 485 g/mol. The quantitative estimate of drug-likeness (QED) is 0.207. The topological polar surface area (TPSA) is 112 Å². The minimum absolute atomic E-state index is 0.342. The van der Waals surface area contributed by atoms with E-state index in [2.05, 4.69) is 46.2 Å². The Labute approximate surface area is 184 Å². The number of halogens is 2. The molecule has 0 saturated heterocycles. The Morgan fingerprint density at radius 1 is 1.23 bits per heavy atom. The van der Waals surface area contributed by atoms with Gasteiger partial charge in [-0.05, 0) is 58.7 Å². The summed E-state index contributed by atoms with van der Waals surface area (Å²) in [7, 11) is 0. The molecule has 0 saturated carbocycles. The Morgan fingerprint density at radius 2 is 2.10 bits per heavy atom. The van der Waals surface area contributed by atoms with E-state index < -0.39 is 0 Å². The predicted octanol–water partition coefficient (Wildman–Crippen LogP) is 5.12. The van der Waals surface area contributed by atoms with Gasteiger partial charge in [0.2, 0.25) is 0 Å². The number of nitrogens with zero attached hydrogens (tertiary/aromatic N) is 4. The molecule has 0 atom stereocenters. The Balaban J connectivity index is 1.61. The lowest BCUT2D eigenvalue weighted by Crippen LogP contribution is -2.06. The summed E-state index contributed by atoms with van der Waals surface area (Å²) in [6.07, 6.45) is 4.15. The first-order valence-corrected chi connectivity index (χ1v) is 9.94. The lowest BCUT2D eigenvalue weighted by molar-refractivity contribution is 0.477. The maximum absolute atomic E-state index is 7.07. The Bertz CT molecular complexity index is 1320.